The molecule has 0 N–H and O–H groups in total. The molecular weight excluding hydrogens is 458 g/mol. The Kier molecular flexibility index (Phi) is 6.21. The van der Waals surface area contributed by atoms with Crippen molar-refractivity contribution in [1.82, 2.24) is 4.98 Å². The number of nitrogens with zero attached hydrogens (tertiary/aromatic N) is 2. The van der Waals surface area contributed by atoms with Crippen molar-refractivity contribution in [1.29, 1.82) is 0 Å². The molecule has 0 bridgehead atoms. The summed E-state index contributed by atoms with van der Waals surface area (Å²) in [6.07, 6.45) is -0.806. The number of hydrogen-bond donors (Lipinski definition) is 0. The zero-order valence-corrected chi connectivity index (χ0v) is 18.5. The minimum absolute atomic E-state index is 0.0297. The van der Waals surface area contributed by atoms with E-state index < -0.39 is 11.9 Å². The molecule has 6 nitrogen and oxygen atoms in total. The molecule has 0 aliphatic carbocycles. The van der Waals surface area contributed by atoms with E-state index in [1.54, 1.807) is 55.5 Å². The Morgan fingerprint density at radius 2 is 1.72 bits per heavy atom. The monoisotopic (exact) mass is 474 g/mol. The lowest BCUT2D eigenvalue weighted by atomic mass is 10.2. The standard InChI is InChI=1S/C23H17Cl2FN2O4/c1-13(22(29)28(2)20-6-4-3-5-18(20)26)30-14-7-9-15(10-8-14)31-23-27-19-11-16(24)17(25)12-21(19)32-23/h3-13H,1-2H3. The summed E-state index contributed by atoms with van der Waals surface area (Å²) in [4.78, 5) is 18.1. The number of aromatic nitrogens is 1. The summed E-state index contributed by atoms with van der Waals surface area (Å²) in [7, 11) is 1.50. The van der Waals surface area contributed by atoms with E-state index in [1.807, 2.05) is 0 Å². The number of oxazole rings is 1. The molecule has 0 radical (unpaired) electrons. The Labute approximate surface area is 193 Å². The number of halogens is 3. The quantitative estimate of drug-likeness (QED) is 0.319. The maximum absolute atomic E-state index is 13.9. The van der Waals surface area contributed by atoms with Crippen molar-refractivity contribution < 1.29 is 23.1 Å². The normalized spacial score (nSPS) is 11.9. The third kappa shape index (κ3) is 4.64. The Morgan fingerprint density at radius 1 is 1.06 bits per heavy atom. The van der Waals surface area contributed by atoms with Gasteiger partial charge in [0.1, 0.15) is 22.8 Å². The highest BCUT2D eigenvalue weighted by atomic mass is 35.5. The highest BCUT2D eigenvalue weighted by Crippen LogP contribution is 2.32. The molecule has 164 valence electrons. The molecule has 0 aliphatic rings. The fraction of sp³-hybridized carbons (Fsp3) is 0.130. The number of hydrogen-bond acceptors (Lipinski definition) is 5. The van der Waals surface area contributed by atoms with Gasteiger partial charge in [-0.05, 0) is 49.4 Å². The van der Waals surface area contributed by atoms with Gasteiger partial charge in [-0.1, -0.05) is 35.3 Å². The van der Waals surface area contributed by atoms with E-state index >= 15 is 0 Å². The second-order valence-corrected chi connectivity index (χ2v) is 7.71. The van der Waals surface area contributed by atoms with Crippen LogP contribution in [0.4, 0.5) is 10.1 Å². The van der Waals surface area contributed by atoms with Crippen LogP contribution in [0.3, 0.4) is 0 Å². The van der Waals surface area contributed by atoms with E-state index in [1.165, 1.54) is 24.1 Å². The summed E-state index contributed by atoms with van der Waals surface area (Å²) in [5.74, 6) is 0.0137. The van der Waals surface area contributed by atoms with Crippen LogP contribution in [0, 0.1) is 5.82 Å². The van der Waals surface area contributed by atoms with Gasteiger partial charge < -0.3 is 18.8 Å². The van der Waals surface area contributed by atoms with Crippen molar-refractivity contribution in [2.75, 3.05) is 11.9 Å². The molecular formula is C23H17Cl2FN2O4. The van der Waals surface area contributed by atoms with Gasteiger partial charge in [0.25, 0.3) is 5.91 Å². The Balaban J connectivity index is 1.41. The average Bonchev–Trinajstić information content (AvgIpc) is 3.15. The van der Waals surface area contributed by atoms with Crippen LogP contribution >= 0.6 is 23.2 Å². The summed E-state index contributed by atoms with van der Waals surface area (Å²) in [5.41, 5.74) is 1.14. The molecule has 1 atom stereocenters. The fourth-order valence-corrected chi connectivity index (χ4v) is 3.31. The molecule has 1 unspecified atom stereocenters. The number of ether oxygens (including phenoxy) is 2. The second kappa shape index (κ2) is 9.06. The van der Waals surface area contributed by atoms with E-state index in [9.17, 15) is 9.18 Å². The molecule has 4 rings (SSSR count). The van der Waals surface area contributed by atoms with Crippen LogP contribution in [0.25, 0.3) is 11.1 Å². The first kappa shape index (κ1) is 21.9. The van der Waals surface area contributed by atoms with Crippen LogP contribution in [0.2, 0.25) is 10.0 Å². The van der Waals surface area contributed by atoms with Gasteiger partial charge in [-0.25, -0.2) is 4.39 Å². The molecule has 3 aromatic carbocycles. The smallest absolute Gasteiger partial charge is 0.400 e. The molecule has 0 spiro atoms. The molecule has 1 amide bonds. The molecule has 32 heavy (non-hydrogen) atoms. The molecule has 1 aromatic heterocycles. The zero-order chi connectivity index (χ0) is 22.8. The van der Waals surface area contributed by atoms with Crippen molar-refractivity contribution in [2.24, 2.45) is 0 Å². The third-order valence-electron chi connectivity index (χ3n) is 4.64. The number of likely N-dealkylation sites (N-methyl/N-ethyl adjacent to an activating group) is 1. The van der Waals surface area contributed by atoms with Crippen LogP contribution in [-0.4, -0.2) is 24.0 Å². The molecule has 0 saturated carbocycles. The van der Waals surface area contributed by atoms with E-state index in [-0.39, 0.29) is 17.7 Å². The van der Waals surface area contributed by atoms with Gasteiger partial charge in [0.05, 0.1) is 15.7 Å². The number of amides is 1. The van der Waals surface area contributed by atoms with Crippen LogP contribution in [-0.2, 0) is 4.79 Å². The van der Waals surface area contributed by atoms with Gasteiger partial charge >= 0.3 is 6.08 Å². The van der Waals surface area contributed by atoms with E-state index in [4.69, 9.17) is 37.1 Å². The SMILES string of the molecule is CC(Oc1ccc(Oc2nc3cc(Cl)c(Cl)cc3o2)cc1)C(=O)N(C)c1ccccc1F. The number of carbonyl (C=O) groups excluding carboxylic acids is 1. The Hall–Kier alpha value is -3.29. The predicted molar refractivity (Wildman–Crippen MR) is 120 cm³/mol. The number of benzene rings is 3. The summed E-state index contributed by atoms with van der Waals surface area (Å²) in [6, 6.07) is 15.7. The summed E-state index contributed by atoms with van der Waals surface area (Å²) in [6.45, 7) is 1.60. The first-order chi connectivity index (χ1) is 15.3. The van der Waals surface area contributed by atoms with Gasteiger partial charge in [0.15, 0.2) is 11.7 Å². The van der Waals surface area contributed by atoms with Gasteiger partial charge in [-0.2, -0.15) is 4.98 Å². The molecule has 9 heteroatoms. The van der Waals surface area contributed by atoms with Crippen LogP contribution < -0.4 is 14.4 Å². The largest absolute Gasteiger partial charge is 0.481 e. The van der Waals surface area contributed by atoms with Gasteiger partial charge in [-0.3, -0.25) is 4.79 Å². The third-order valence-corrected chi connectivity index (χ3v) is 5.37. The number of para-hydroxylation sites is 1. The average molecular weight is 475 g/mol. The summed E-state index contributed by atoms with van der Waals surface area (Å²) in [5, 5.41) is 0.720. The second-order valence-electron chi connectivity index (χ2n) is 6.90. The number of fused-ring (bicyclic) bond motifs is 1. The number of carbonyl (C=O) groups is 1. The lowest BCUT2D eigenvalue weighted by molar-refractivity contribution is -0.124. The van der Waals surface area contributed by atoms with Crippen molar-refractivity contribution in [3.63, 3.8) is 0 Å². The van der Waals surface area contributed by atoms with Crippen molar-refractivity contribution in [3.8, 4) is 17.6 Å². The van der Waals surface area contributed by atoms with E-state index in [0.29, 0.717) is 32.6 Å². The lowest BCUT2D eigenvalue weighted by Gasteiger charge is -2.22. The fourth-order valence-electron chi connectivity index (χ4n) is 3.00. The highest BCUT2D eigenvalue weighted by molar-refractivity contribution is 6.42. The minimum Gasteiger partial charge on any atom is -0.481 e. The summed E-state index contributed by atoms with van der Waals surface area (Å²) >= 11 is 12.0. The summed E-state index contributed by atoms with van der Waals surface area (Å²) < 4.78 is 30.8. The predicted octanol–water partition coefficient (Wildman–Crippen LogP) is 6.50. The Morgan fingerprint density at radius 3 is 2.44 bits per heavy atom. The maximum atomic E-state index is 13.9. The lowest BCUT2D eigenvalue weighted by Crippen LogP contribution is -2.38. The molecule has 0 fully saturated rings. The minimum atomic E-state index is -0.835. The number of anilines is 1. The van der Waals surface area contributed by atoms with E-state index in [2.05, 4.69) is 4.98 Å². The maximum Gasteiger partial charge on any atom is 0.400 e. The van der Waals surface area contributed by atoms with Gasteiger partial charge in [-0.15, -0.1) is 0 Å². The van der Waals surface area contributed by atoms with Crippen molar-refractivity contribution >= 4 is 45.9 Å². The Bertz CT molecular complexity index is 1240. The van der Waals surface area contributed by atoms with Crippen molar-refractivity contribution in [3.05, 3.63) is 76.5 Å². The molecule has 4 aromatic rings. The van der Waals surface area contributed by atoms with Crippen LogP contribution in [0.15, 0.2) is 65.1 Å². The van der Waals surface area contributed by atoms with Gasteiger partial charge in [0, 0.05) is 13.1 Å². The molecule has 0 aliphatic heterocycles. The van der Waals surface area contributed by atoms with E-state index in [0.717, 1.165) is 0 Å². The van der Waals surface area contributed by atoms with Gasteiger partial charge in [0.2, 0.25) is 0 Å². The first-order valence-electron chi connectivity index (χ1n) is 9.54. The first-order valence-corrected chi connectivity index (χ1v) is 10.3. The molecule has 1 heterocycles. The van der Waals surface area contributed by atoms with Crippen LogP contribution in [0.5, 0.6) is 17.6 Å². The number of rotatable bonds is 6. The van der Waals surface area contributed by atoms with Crippen LogP contribution in [0.1, 0.15) is 6.92 Å². The topological polar surface area (TPSA) is 64.8 Å². The zero-order valence-electron chi connectivity index (χ0n) is 17.0. The molecule has 0 saturated heterocycles. The van der Waals surface area contributed by atoms with Crippen molar-refractivity contribution in [2.45, 2.75) is 13.0 Å². The highest BCUT2D eigenvalue weighted by Gasteiger charge is 2.22.